The Balaban J connectivity index is 1.67. The minimum absolute atomic E-state index is 0.0219. The molecule has 0 heterocycles. The Bertz CT molecular complexity index is 944. The van der Waals surface area contributed by atoms with Gasteiger partial charge in [-0.3, -0.25) is 15.0 Å². The Labute approximate surface area is 161 Å². The molecule has 0 unspecified atom stereocenters. The number of carbonyl (C=O) groups is 1. The van der Waals surface area contributed by atoms with E-state index in [1.54, 1.807) is 0 Å². The first-order valence-corrected chi connectivity index (χ1v) is 8.46. The molecule has 0 spiro atoms. The number of ether oxygens (including phenoxy) is 1. The highest BCUT2D eigenvalue weighted by atomic mass is 17.2. The van der Waals surface area contributed by atoms with Crippen LogP contribution in [0.15, 0.2) is 78.9 Å². The van der Waals surface area contributed by atoms with Gasteiger partial charge in [-0.2, -0.15) is 4.89 Å². The monoisotopic (exact) mass is 379 g/mol. The molecule has 3 aromatic carbocycles. The van der Waals surface area contributed by atoms with Crippen LogP contribution >= 0.6 is 0 Å². The highest BCUT2D eigenvalue weighted by molar-refractivity contribution is 5.90. The summed E-state index contributed by atoms with van der Waals surface area (Å²) in [5, 5.41) is 11.2. The highest BCUT2D eigenvalue weighted by Gasteiger charge is 2.19. The maximum absolute atomic E-state index is 12.2. The van der Waals surface area contributed by atoms with Crippen LogP contribution in [0.5, 0.6) is 5.75 Å². The quantitative estimate of drug-likeness (QED) is 0.326. The average Bonchev–Trinajstić information content (AvgIpc) is 2.73. The van der Waals surface area contributed by atoms with Crippen molar-refractivity contribution in [2.75, 3.05) is 0 Å². The molecule has 0 aliphatic carbocycles. The topological polar surface area (TPSA) is 87.9 Å². The van der Waals surface area contributed by atoms with Crippen LogP contribution in [0.2, 0.25) is 0 Å². The molecular weight excluding hydrogens is 362 g/mol. The largest absolute Gasteiger partial charge is 0.482 e. The minimum Gasteiger partial charge on any atom is -0.482 e. The molecule has 142 valence electrons. The van der Waals surface area contributed by atoms with Gasteiger partial charge in [-0.05, 0) is 17.2 Å². The Kier molecular flexibility index (Phi) is 6.33. The molecule has 3 rings (SSSR count). The van der Waals surface area contributed by atoms with Gasteiger partial charge in [0.05, 0.1) is 10.5 Å². The summed E-state index contributed by atoms with van der Waals surface area (Å²) in [7, 11) is 0. The standard InChI is InChI=1S/C21H17NO6/c23-21(28-27-15-17-9-5-2-6-10-17)18-11-12-19(22(24)25)20(13-18)26-14-16-7-3-1-4-8-16/h1-13H,14-15H2. The summed E-state index contributed by atoms with van der Waals surface area (Å²) < 4.78 is 5.56. The van der Waals surface area contributed by atoms with Gasteiger partial charge in [0.2, 0.25) is 0 Å². The van der Waals surface area contributed by atoms with E-state index in [4.69, 9.17) is 14.5 Å². The number of nitro benzene ring substituents is 1. The SMILES string of the molecule is O=C(OOCc1ccccc1)c1ccc([N+](=O)[O-])c(OCc2ccccc2)c1. The second kappa shape index (κ2) is 9.29. The molecule has 7 nitrogen and oxygen atoms in total. The van der Waals surface area contributed by atoms with E-state index < -0.39 is 10.9 Å². The van der Waals surface area contributed by atoms with Gasteiger partial charge in [0.15, 0.2) is 5.75 Å². The molecule has 0 radical (unpaired) electrons. The molecule has 0 atom stereocenters. The normalized spacial score (nSPS) is 10.3. The summed E-state index contributed by atoms with van der Waals surface area (Å²) in [5.41, 5.74) is 1.53. The maximum atomic E-state index is 12.2. The molecule has 3 aromatic rings. The summed E-state index contributed by atoms with van der Waals surface area (Å²) >= 11 is 0. The fourth-order valence-corrected chi connectivity index (χ4v) is 2.42. The summed E-state index contributed by atoms with van der Waals surface area (Å²) in [6, 6.07) is 22.2. The first-order valence-electron chi connectivity index (χ1n) is 8.46. The van der Waals surface area contributed by atoms with E-state index in [0.29, 0.717) is 0 Å². The lowest BCUT2D eigenvalue weighted by Gasteiger charge is -2.09. The fraction of sp³-hybridized carbons (Fsp3) is 0.0952. The van der Waals surface area contributed by atoms with Gasteiger partial charge in [-0.15, -0.1) is 0 Å². The van der Waals surface area contributed by atoms with Crippen LogP contribution in [0, 0.1) is 10.1 Å². The minimum atomic E-state index is -0.768. The molecule has 0 saturated carbocycles. The van der Waals surface area contributed by atoms with E-state index in [9.17, 15) is 14.9 Å². The molecule has 0 aliphatic heterocycles. The second-order valence-corrected chi connectivity index (χ2v) is 5.83. The first kappa shape index (κ1) is 19.1. The molecule has 7 heteroatoms. The smallest absolute Gasteiger partial charge is 0.373 e. The van der Waals surface area contributed by atoms with E-state index >= 15 is 0 Å². The summed E-state index contributed by atoms with van der Waals surface area (Å²) in [6.45, 7) is 0.224. The van der Waals surface area contributed by atoms with Crippen LogP contribution in [0.1, 0.15) is 21.5 Å². The van der Waals surface area contributed by atoms with E-state index in [-0.39, 0.29) is 30.2 Å². The summed E-state index contributed by atoms with van der Waals surface area (Å²) in [5.74, 6) is -0.790. The van der Waals surface area contributed by atoms with Crippen LogP contribution in [0.25, 0.3) is 0 Å². The van der Waals surface area contributed by atoms with E-state index in [2.05, 4.69) is 0 Å². The van der Waals surface area contributed by atoms with Crippen LogP contribution in [0.4, 0.5) is 5.69 Å². The van der Waals surface area contributed by atoms with E-state index in [1.807, 2.05) is 60.7 Å². The van der Waals surface area contributed by atoms with Crippen molar-refractivity contribution >= 4 is 11.7 Å². The molecule has 0 saturated heterocycles. The molecule has 0 aliphatic rings. The third-order valence-electron chi connectivity index (χ3n) is 3.83. The number of carbonyl (C=O) groups excluding carboxylic acids is 1. The number of hydrogen-bond acceptors (Lipinski definition) is 6. The van der Waals surface area contributed by atoms with Crippen molar-refractivity contribution in [2.45, 2.75) is 13.2 Å². The van der Waals surface area contributed by atoms with Crippen LogP contribution in [-0.2, 0) is 23.0 Å². The van der Waals surface area contributed by atoms with Crippen molar-refractivity contribution in [1.82, 2.24) is 0 Å². The zero-order valence-electron chi connectivity index (χ0n) is 14.8. The van der Waals surface area contributed by atoms with E-state index in [1.165, 1.54) is 18.2 Å². The third kappa shape index (κ3) is 5.15. The number of hydrogen-bond donors (Lipinski definition) is 0. The van der Waals surface area contributed by atoms with E-state index in [0.717, 1.165) is 11.1 Å². The number of rotatable bonds is 8. The Morgan fingerprint density at radius 1 is 0.857 bits per heavy atom. The van der Waals surface area contributed by atoms with Crippen molar-refractivity contribution in [2.24, 2.45) is 0 Å². The molecule has 0 amide bonds. The summed E-state index contributed by atoms with van der Waals surface area (Å²) in [6.07, 6.45) is 0. The van der Waals surface area contributed by atoms with Gasteiger partial charge >= 0.3 is 11.7 Å². The van der Waals surface area contributed by atoms with Crippen molar-refractivity contribution in [3.05, 3.63) is 106 Å². The molecule has 0 N–H and O–H groups in total. The lowest BCUT2D eigenvalue weighted by molar-refractivity contribution is -0.386. The van der Waals surface area contributed by atoms with Gasteiger partial charge in [-0.25, -0.2) is 4.79 Å². The first-order chi connectivity index (χ1) is 13.6. The van der Waals surface area contributed by atoms with Gasteiger partial charge < -0.3 is 4.74 Å². The molecular formula is C21H17NO6. The highest BCUT2D eigenvalue weighted by Crippen LogP contribution is 2.29. The summed E-state index contributed by atoms with van der Waals surface area (Å²) in [4.78, 5) is 32.6. The van der Waals surface area contributed by atoms with Crippen molar-refractivity contribution < 1.29 is 24.2 Å². The fourth-order valence-electron chi connectivity index (χ4n) is 2.42. The van der Waals surface area contributed by atoms with Gasteiger partial charge in [0.1, 0.15) is 13.2 Å². The zero-order chi connectivity index (χ0) is 19.8. The van der Waals surface area contributed by atoms with Crippen LogP contribution < -0.4 is 4.74 Å². The van der Waals surface area contributed by atoms with Gasteiger partial charge in [0, 0.05) is 12.1 Å². The van der Waals surface area contributed by atoms with Gasteiger partial charge in [-0.1, -0.05) is 60.7 Å². The van der Waals surface area contributed by atoms with Crippen molar-refractivity contribution in [3.63, 3.8) is 0 Å². The zero-order valence-corrected chi connectivity index (χ0v) is 14.8. The molecule has 0 bridgehead atoms. The number of nitrogens with zero attached hydrogens (tertiary/aromatic N) is 1. The molecule has 28 heavy (non-hydrogen) atoms. The number of nitro groups is 1. The number of benzene rings is 3. The van der Waals surface area contributed by atoms with Crippen LogP contribution in [-0.4, -0.2) is 10.9 Å². The maximum Gasteiger partial charge on any atom is 0.373 e. The Hall–Kier alpha value is -3.71. The lowest BCUT2D eigenvalue weighted by Crippen LogP contribution is -2.07. The Morgan fingerprint density at radius 3 is 2.07 bits per heavy atom. The predicted molar refractivity (Wildman–Crippen MR) is 101 cm³/mol. The van der Waals surface area contributed by atoms with Crippen molar-refractivity contribution in [3.8, 4) is 5.75 Å². The molecule has 0 fully saturated rings. The predicted octanol–water partition coefficient (Wildman–Crippen LogP) is 4.46. The van der Waals surface area contributed by atoms with Crippen LogP contribution in [0.3, 0.4) is 0 Å². The second-order valence-electron chi connectivity index (χ2n) is 5.83. The Morgan fingerprint density at radius 2 is 1.46 bits per heavy atom. The van der Waals surface area contributed by atoms with Crippen molar-refractivity contribution in [1.29, 1.82) is 0 Å². The third-order valence-corrected chi connectivity index (χ3v) is 3.83. The van der Waals surface area contributed by atoms with Gasteiger partial charge in [0.25, 0.3) is 0 Å². The average molecular weight is 379 g/mol. The lowest BCUT2D eigenvalue weighted by atomic mass is 10.2. The molecule has 0 aromatic heterocycles.